The summed E-state index contributed by atoms with van der Waals surface area (Å²) in [5.74, 6) is -0.779. The summed E-state index contributed by atoms with van der Waals surface area (Å²) in [6.07, 6.45) is 0. The zero-order chi connectivity index (χ0) is 15.3. The van der Waals surface area contributed by atoms with Gasteiger partial charge in [-0.1, -0.05) is 18.5 Å². The smallest absolute Gasteiger partial charge is 0.327 e. The van der Waals surface area contributed by atoms with Crippen molar-refractivity contribution in [2.24, 2.45) is 0 Å². The fourth-order valence-electron chi connectivity index (χ4n) is 1.53. The number of hydrogen-bond donors (Lipinski definition) is 2. The van der Waals surface area contributed by atoms with Crippen LogP contribution in [0.25, 0.3) is 0 Å². The summed E-state index contributed by atoms with van der Waals surface area (Å²) < 4.78 is 5.35. The highest BCUT2D eigenvalue weighted by Crippen LogP contribution is 2.28. The zero-order valence-corrected chi connectivity index (χ0v) is 11.8. The Morgan fingerprint density at radius 1 is 1.60 bits per heavy atom. The SMILES string of the molecule is CCNC(C)(COc1ccc([N+](=O)[O-])c(Cl)c1)C(=O)O. The normalized spacial score (nSPS) is 13.6. The second-order valence-electron chi connectivity index (χ2n) is 4.33. The third kappa shape index (κ3) is 3.82. The fraction of sp³-hybridized carbons (Fsp3) is 0.417. The number of nitro benzene ring substituents is 1. The van der Waals surface area contributed by atoms with Crippen molar-refractivity contribution in [2.45, 2.75) is 19.4 Å². The highest BCUT2D eigenvalue weighted by molar-refractivity contribution is 6.32. The van der Waals surface area contributed by atoms with Crippen molar-refractivity contribution in [3.63, 3.8) is 0 Å². The van der Waals surface area contributed by atoms with Gasteiger partial charge in [0, 0.05) is 12.1 Å². The first-order valence-corrected chi connectivity index (χ1v) is 6.23. The van der Waals surface area contributed by atoms with Gasteiger partial charge in [0.25, 0.3) is 5.69 Å². The third-order valence-corrected chi connectivity index (χ3v) is 2.99. The van der Waals surface area contributed by atoms with E-state index in [2.05, 4.69) is 5.32 Å². The molecule has 0 bridgehead atoms. The van der Waals surface area contributed by atoms with E-state index in [4.69, 9.17) is 21.4 Å². The van der Waals surface area contributed by atoms with E-state index in [1.807, 2.05) is 0 Å². The molecular formula is C12H15ClN2O5. The highest BCUT2D eigenvalue weighted by atomic mass is 35.5. The zero-order valence-electron chi connectivity index (χ0n) is 11.1. The predicted molar refractivity (Wildman–Crippen MR) is 73.3 cm³/mol. The minimum atomic E-state index is -1.25. The summed E-state index contributed by atoms with van der Waals surface area (Å²) in [5, 5.41) is 22.5. The van der Waals surface area contributed by atoms with E-state index in [9.17, 15) is 14.9 Å². The molecule has 8 heteroatoms. The van der Waals surface area contributed by atoms with Gasteiger partial charge in [-0.05, 0) is 19.5 Å². The fourth-order valence-corrected chi connectivity index (χ4v) is 1.77. The summed E-state index contributed by atoms with van der Waals surface area (Å²) >= 11 is 5.74. The Bertz CT molecular complexity index is 523. The van der Waals surface area contributed by atoms with Gasteiger partial charge in [0.1, 0.15) is 22.9 Å². The number of carboxylic acids is 1. The molecule has 0 saturated heterocycles. The van der Waals surface area contributed by atoms with Crippen LogP contribution in [0.4, 0.5) is 5.69 Å². The van der Waals surface area contributed by atoms with Crippen molar-refractivity contribution in [2.75, 3.05) is 13.2 Å². The monoisotopic (exact) mass is 302 g/mol. The first kappa shape index (κ1) is 16.2. The van der Waals surface area contributed by atoms with E-state index in [0.717, 1.165) is 0 Å². The molecule has 0 radical (unpaired) electrons. The van der Waals surface area contributed by atoms with Gasteiger partial charge in [0.15, 0.2) is 0 Å². The van der Waals surface area contributed by atoms with Gasteiger partial charge in [0.2, 0.25) is 0 Å². The first-order chi connectivity index (χ1) is 9.30. The van der Waals surface area contributed by atoms with Gasteiger partial charge in [-0.25, -0.2) is 0 Å². The van der Waals surface area contributed by atoms with Crippen molar-refractivity contribution < 1.29 is 19.6 Å². The number of carbonyl (C=O) groups is 1. The number of likely N-dealkylation sites (N-methyl/N-ethyl adjacent to an activating group) is 1. The summed E-state index contributed by atoms with van der Waals surface area (Å²) in [7, 11) is 0. The molecule has 1 unspecified atom stereocenters. The van der Waals surface area contributed by atoms with Crippen LogP contribution in [0.2, 0.25) is 5.02 Å². The average molecular weight is 303 g/mol. The Kier molecular flexibility index (Phi) is 5.29. The quantitative estimate of drug-likeness (QED) is 0.590. The lowest BCUT2D eigenvalue weighted by atomic mass is 10.0. The Labute approximate surface area is 120 Å². The van der Waals surface area contributed by atoms with Crippen LogP contribution < -0.4 is 10.1 Å². The largest absolute Gasteiger partial charge is 0.491 e. The minimum absolute atomic E-state index is 0.0621. The number of nitro groups is 1. The van der Waals surface area contributed by atoms with Gasteiger partial charge in [-0.2, -0.15) is 0 Å². The molecule has 0 aliphatic carbocycles. The average Bonchev–Trinajstić information content (AvgIpc) is 2.36. The van der Waals surface area contributed by atoms with Crippen LogP contribution in [0.1, 0.15) is 13.8 Å². The number of nitrogens with zero attached hydrogens (tertiary/aromatic N) is 1. The highest BCUT2D eigenvalue weighted by Gasteiger charge is 2.33. The van der Waals surface area contributed by atoms with Crippen molar-refractivity contribution in [3.05, 3.63) is 33.3 Å². The van der Waals surface area contributed by atoms with Gasteiger partial charge in [-0.3, -0.25) is 20.2 Å². The lowest BCUT2D eigenvalue weighted by molar-refractivity contribution is -0.384. The van der Waals surface area contributed by atoms with E-state index < -0.39 is 16.4 Å². The summed E-state index contributed by atoms with van der Waals surface area (Å²) in [5.41, 5.74) is -1.48. The second-order valence-corrected chi connectivity index (χ2v) is 4.73. The molecule has 110 valence electrons. The van der Waals surface area contributed by atoms with Gasteiger partial charge >= 0.3 is 5.97 Å². The Hall–Kier alpha value is -1.86. The molecule has 1 rings (SSSR count). The molecule has 0 heterocycles. The third-order valence-electron chi connectivity index (χ3n) is 2.68. The Balaban J connectivity index is 2.81. The molecule has 2 N–H and O–H groups in total. The number of benzene rings is 1. The van der Waals surface area contributed by atoms with Gasteiger partial charge < -0.3 is 9.84 Å². The number of halogens is 1. The summed E-state index contributed by atoms with van der Waals surface area (Å²) in [4.78, 5) is 21.2. The molecule has 0 spiro atoms. The lowest BCUT2D eigenvalue weighted by Gasteiger charge is -2.25. The molecule has 0 aliphatic rings. The summed E-state index contributed by atoms with van der Waals surface area (Å²) in [6.45, 7) is 3.60. The number of ether oxygens (including phenoxy) is 1. The molecule has 0 aliphatic heterocycles. The standard InChI is InChI=1S/C12H15ClN2O5/c1-3-14-12(2,11(16)17)7-20-8-4-5-10(15(18)19)9(13)6-8/h4-6,14H,3,7H2,1-2H3,(H,16,17). The van der Waals surface area contributed by atoms with Crippen LogP contribution in [0.3, 0.4) is 0 Å². The first-order valence-electron chi connectivity index (χ1n) is 5.85. The van der Waals surface area contributed by atoms with Crippen molar-refractivity contribution >= 4 is 23.3 Å². The van der Waals surface area contributed by atoms with E-state index in [0.29, 0.717) is 6.54 Å². The maximum absolute atomic E-state index is 11.2. The maximum atomic E-state index is 11.2. The number of aliphatic carboxylic acids is 1. The lowest BCUT2D eigenvalue weighted by Crippen LogP contribution is -2.53. The Morgan fingerprint density at radius 3 is 2.70 bits per heavy atom. The molecular weight excluding hydrogens is 288 g/mol. The topological polar surface area (TPSA) is 102 Å². The predicted octanol–water partition coefficient (Wildman–Crippen LogP) is 2.08. The van der Waals surface area contributed by atoms with E-state index in [1.165, 1.54) is 25.1 Å². The number of hydrogen-bond acceptors (Lipinski definition) is 5. The van der Waals surface area contributed by atoms with Crippen LogP contribution >= 0.6 is 11.6 Å². The van der Waals surface area contributed by atoms with Crippen LogP contribution in [0.15, 0.2) is 18.2 Å². The van der Waals surface area contributed by atoms with Gasteiger partial charge in [-0.15, -0.1) is 0 Å². The molecule has 1 aromatic rings. The van der Waals surface area contributed by atoms with E-state index in [-0.39, 0.29) is 23.1 Å². The molecule has 1 atom stereocenters. The number of nitrogens with one attached hydrogen (secondary N) is 1. The van der Waals surface area contributed by atoms with Crippen LogP contribution in [-0.4, -0.2) is 34.7 Å². The molecule has 20 heavy (non-hydrogen) atoms. The van der Waals surface area contributed by atoms with Crippen molar-refractivity contribution in [1.29, 1.82) is 0 Å². The molecule has 1 aromatic carbocycles. The van der Waals surface area contributed by atoms with Gasteiger partial charge in [0.05, 0.1) is 4.92 Å². The molecule has 0 saturated carbocycles. The molecule has 0 aromatic heterocycles. The van der Waals surface area contributed by atoms with Crippen molar-refractivity contribution in [3.8, 4) is 5.75 Å². The molecule has 0 fully saturated rings. The number of carboxylic acid groups (broad SMARTS) is 1. The minimum Gasteiger partial charge on any atom is -0.491 e. The van der Waals surface area contributed by atoms with Crippen LogP contribution in [-0.2, 0) is 4.79 Å². The molecule has 7 nitrogen and oxygen atoms in total. The van der Waals surface area contributed by atoms with E-state index in [1.54, 1.807) is 6.92 Å². The van der Waals surface area contributed by atoms with Crippen molar-refractivity contribution in [1.82, 2.24) is 5.32 Å². The van der Waals surface area contributed by atoms with E-state index >= 15 is 0 Å². The second kappa shape index (κ2) is 6.53. The maximum Gasteiger partial charge on any atom is 0.327 e. The summed E-state index contributed by atoms with van der Waals surface area (Å²) in [6, 6.07) is 3.87. The van der Waals surface area contributed by atoms with Crippen LogP contribution in [0.5, 0.6) is 5.75 Å². The Morgan fingerprint density at radius 2 is 2.25 bits per heavy atom. The van der Waals surface area contributed by atoms with Crippen LogP contribution in [0, 0.1) is 10.1 Å². The molecule has 0 amide bonds. The number of rotatable bonds is 7.